The van der Waals surface area contributed by atoms with Gasteiger partial charge < -0.3 is 0 Å². The summed E-state index contributed by atoms with van der Waals surface area (Å²) < 4.78 is 0.753. The quantitative estimate of drug-likeness (QED) is 0.806. The van der Waals surface area contributed by atoms with Crippen LogP contribution >= 0.6 is 15.9 Å². The lowest BCUT2D eigenvalue weighted by atomic mass is 9.88. The van der Waals surface area contributed by atoms with Gasteiger partial charge in [0.25, 0.3) is 0 Å². The maximum Gasteiger partial charge on any atom is 0.335 e. The lowest BCUT2D eigenvalue weighted by Gasteiger charge is -2.35. The Hall–Kier alpha value is -1.69. The summed E-state index contributed by atoms with van der Waals surface area (Å²) >= 11 is 3.31. The van der Waals surface area contributed by atoms with Crippen LogP contribution in [0.25, 0.3) is 0 Å². The molecule has 0 aromatic heterocycles. The highest BCUT2D eigenvalue weighted by Crippen LogP contribution is 2.31. The summed E-state index contributed by atoms with van der Waals surface area (Å²) in [6, 6.07) is 4.58. The largest absolute Gasteiger partial charge is 0.335 e. The fourth-order valence-electron chi connectivity index (χ4n) is 1.82. The summed E-state index contributed by atoms with van der Waals surface area (Å²) in [4.78, 5) is 37.0. The zero-order valence-electron chi connectivity index (χ0n) is 10.8. The number of imide groups is 2. The number of anilines is 1. The SMILES string of the molecule is Cc1ccc(Br)cc1N1C(=O)NC(=O)C(C)(C)C1=O. The molecule has 1 aliphatic rings. The van der Waals surface area contributed by atoms with Gasteiger partial charge in [0.05, 0.1) is 5.69 Å². The minimum absolute atomic E-state index is 0.470. The zero-order chi connectivity index (χ0) is 14.4. The van der Waals surface area contributed by atoms with Gasteiger partial charge in [-0.2, -0.15) is 0 Å². The van der Waals surface area contributed by atoms with Gasteiger partial charge in [-0.3, -0.25) is 14.9 Å². The van der Waals surface area contributed by atoms with Crippen LogP contribution < -0.4 is 10.2 Å². The van der Waals surface area contributed by atoms with Crippen LogP contribution in [-0.4, -0.2) is 17.8 Å². The maximum absolute atomic E-state index is 12.4. The summed E-state index contributed by atoms with van der Waals surface area (Å²) in [6.45, 7) is 4.79. The van der Waals surface area contributed by atoms with Crippen molar-refractivity contribution >= 4 is 39.5 Å². The molecule has 1 aromatic carbocycles. The van der Waals surface area contributed by atoms with Crippen molar-refractivity contribution in [3.63, 3.8) is 0 Å². The highest BCUT2D eigenvalue weighted by atomic mass is 79.9. The van der Waals surface area contributed by atoms with Crippen LogP contribution in [0.2, 0.25) is 0 Å². The first-order chi connectivity index (χ1) is 8.75. The molecule has 0 atom stereocenters. The fourth-order valence-corrected chi connectivity index (χ4v) is 2.17. The van der Waals surface area contributed by atoms with Crippen molar-refractivity contribution < 1.29 is 14.4 Å². The number of nitrogens with zero attached hydrogens (tertiary/aromatic N) is 1. The molecule has 4 amide bonds. The van der Waals surface area contributed by atoms with Gasteiger partial charge in [-0.15, -0.1) is 0 Å². The third-order valence-electron chi connectivity index (χ3n) is 3.14. The Balaban J connectivity index is 2.55. The first-order valence-electron chi connectivity index (χ1n) is 5.71. The molecule has 1 aliphatic heterocycles. The Kier molecular flexibility index (Phi) is 3.22. The number of halogens is 1. The van der Waals surface area contributed by atoms with Crippen molar-refractivity contribution in [2.75, 3.05) is 4.90 Å². The lowest BCUT2D eigenvalue weighted by molar-refractivity contribution is -0.140. The van der Waals surface area contributed by atoms with Crippen molar-refractivity contribution in [2.45, 2.75) is 20.8 Å². The van der Waals surface area contributed by atoms with E-state index in [9.17, 15) is 14.4 Å². The van der Waals surface area contributed by atoms with Gasteiger partial charge in [-0.05, 0) is 38.5 Å². The van der Waals surface area contributed by atoms with E-state index in [1.807, 2.05) is 6.07 Å². The molecule has 1 saturated heterocycles. The molecular formula is C13H13BrN2O3. The molecule has 5 nitrogen and oxygen atoms in total. The zero-order valence-corrected chi connectivity index (χ0v) is 12.4. The number of amides is 4. The lowest BCUT2D eigenvalue weighted by Crippen LogP contribution is -2.62. The summed E-state index contributed by atoms with van der Waals surface area (Å²) in [6.07, 6.45) is 0. The molecule has 1 N–H and O–H groups in total. The molecule has 0 saturated carbocycles. The molecule has 1 aromatic rings. The Morgan fingerprint density at radius 3 is 2.47 bits per heavy atom. The van der Waals surface area contributed by atoms with E-state index in [1.54, 1.807) is 19.1 Å². The van der Waals surface area contributed by atoms with Crippen LogP contribution in [0, 0.1) is 12.3 Å². The Labute approximate surface area is 119 Å². The van der Waals surface area contributed by atoms with E-state index in [-0.39, 0.29) is 0 Å². The second-order valence-electron chi connectivity index (χ2n) is 4.96. The summed E-state index contributed by atoms with van der Waals surface area (Å²) in [5.74, 6) is -1.10. The molecule has 0 radical (unpaired) electrons. The highest BCUT2D eigenvalue weighted by Gasteiger charge is 2.47. The van der Waals surface area contributed by atoms with Gasteiger partial charge in [-0.1, -0.05) is 22.0 Å². The van der Waals surface area contributed by atoms with E-state index < -0.39 is 23.3 Å². The highest BCUT2D eigenvalue weighted by molar-refractivity contribution is 9.10. The predicted molar refractivity (Wildman–Crippen MR) is 73.7 cm³/mol. The van der Waals surface area contributed by atoms with E-state index in [2.05, 4.69) is 21.2 Å². The number of hydrogen-bond donors (Lipinski definition) is 1. The topological polar surface area (TPSA) is 66.5 Å². The molecular weight excluding hydrogens is 312 g/mol. The molecule has 0 bridgehead atoms. The second-order valence-corrected chi connectivity index (χ2v) is 5.87. The van der Waals surface area contributed by atoms with Crippen molar-refractivity contribution in [3.8, 4) is 0 Å². The van der Waals surface area contributed by atoms with Crippen LogP contribution in [-0.2, 0) is 9.59 Å². The van der Waals surface area contributed by atoms with Crippen LogP contribution in [0.3, 0.4) is 0 Å². The summed E-state index contributed by atoms with van der Waals surface area (Å²) in [5, 5.41) is 2.21. The van der Waals surface area contributed by atoms with E-state index in [0.29, 0.717) is 5.69 Å². The first-order valence-corrected chi connectivity index (χ1v) is 6.50. The van der Waals surface area contributed by atoms with E-state index >= 15 is 0 Å². The van der Waals surface area contributed by atoms with Gasteiger partial charge in [0.2, 0.25) is 11.8 Å². The number of benzene rings is 1. The third kappa shape index (κ3) is 2.16. The van der Waals surface area contributed by atoms with Gasteiger partial charge in [0.1, 0.15) is 5.41 Å². The molecule has 1 heterocycles. The number of urea groups is 1. The number of carbonyl (C=O) groups is 3. The number of carbonyl (C=O) groups excluding carboxylic acids is 3. The average molecular weight is 325 g/mol. The summed E-state index contributed by atoms with van der Waals surface area (Å²) in [7, 11) is 0. The number of barbiturate groups is 1. The molecule has 19 heavy (non-hydrogen) atoms. The van der Waals surface area contributed by atoms with Crippen LogP contribution in [0.15, 0.2) is 22.7 Å². The number of rotatable bonds is 1. The average Bonchev–Trinajstić information content (AvgIpc) is 2.32. The Morgan fingerprint density at radius 1 is 1.21 bits per heavy atom. The monoisotopic (exact) mass is 324 g/mol. The minimum Gasteiger partial charge on any atom is -0.276 e. The first kappa shape index (κ1) is 13.7. The van der Waals surface area contributed by atoms with Gasteiger partial charge in [0, 0.05) is 4.47 Å². The molecule has 100 valence electrons. The maximum atomic E-state index is 12.4. The molecule has 2 rings (SSSR count). The van der Waals surface area contributed by atoms with Gasteiger partial charge >= 0.3 is 6.03 Å². The van der Waals surface area contributed by atoms with Crippen molar-refractivity contribution in [1.29, 1.82) is 0 Å². The number of aryl methyl sites for hydroxylation is 1. The molecule has 1 fully saturated rings. The van der Waals surface area contributed by atoms with E-state index in [1.165, 1.54) is 13.8 Å². The van der Waals surface area contributed by atoms with Gasteiger partial charge in [0.15, 0.2) is 0 Å². The smallest absolute Gasteiger partial charge is 0.276 e. The normalized spacial score (nSPS) is 18.5. The molecule has 0 unspecified atom stereocenters. The second kappa shape index (κ2) is 4.45. The molecule has 0 spiro atoms. The van der Waals surface area contributed by atoms with Crippen LogP contribution in [0.4, 0.5) is 10.5 Å². The van der Waals surface area contributed by atoms with E-state index in [0.717, 1.165) is 14.9 Å². The Morgan fingerprint density at radius 2 is 1.84 bits per heavy atom. The third-order valence-corrected chi connectivity index (χ3v) is 3.63. The van der Waals surface area contributed by atoms with Gasteiger partial charge in [-0.25, -0.2) is 9.69 Å². The number of hydrogen-bond acceptors (Lipinski definition) is 3. The summed E-state index contributed by atoms with van der Waals surface area (Å²) in [5.41, 5.74) is -0.0165. The fraction of sp³-hybridized carbons (Fsp3) is 0.308. The number of nitrogens with one attached hydrogen (secondary N) is 1. The van der Waals surface area contributed by atoms with E-state index in [4.69, 9.17) is 0 Å². The predicted octanol–water partition coefficient (Wildman–Crippen LogP) is 2.37. The minimum atomic E-state index is -1.26. The van der Waals surface area contributed by atoms with Crippen molar-refractivity contribution in [1.82, 2.24) is 5.32 Å². The molecule has 6 heteroatoms. The van der Waals surface area contributed by atoms with Crippen LogP contribution in [0.5, 0.6) is 0 Å². The van der Waals surface area contributed by atoms with Crippen molar-refractivity contribution in [2.24, 2.45) is 5.41 Å². The molecule has 0 aliphatic carbocycles. The van der Waals surface area contributed by atoms with Crippen LogP contribution in [0.1, 0.15) is 19.4 Å². The van der Waals surface area contributed by atoms with Crippen molar-refractivity contribution in [3.05, 3.63) is 28.2 Å². The Bertz CT molecular complexity index is 596. The standard InChI is InChI=1S/C13H13BrN2O3/c1-7-4-5-8(14)6-9(7)16-11(18)13(2,3)10(17)15-12(16)19/h4-6H,1-3H3,(H,15,17,19).